The molecular weight excluding hydrogens is 396 g/mol. The first-order valence-electron chi connectivity index (χ1n) is 9.32. The number of ether oxygens (including phenoxy) is 4. The van der Waals surface area contributed by atoms with Crippen molar-refractivity contribution in [3.05, 3.63) is 42.2 Å². The van der Waals surface area contributed by atoms with Crippen LogP contribution in [0.3, 0.4) is 0 Å². The molecule has 0 radical (unpaired) electrons. The molecule has 10 nitrogen and oxygen atoms in total. The van der Waals surface area contributed by atoms with Crippen LogP contribution in [0, 0.1) is 0 Å². The molecule has 10 heteroatoms. The molecule has 0 spiro atoms. The van der Waals surface area contributed by atoms with Gasteiger partial charge in [0.25, 0.3) is 0 Å². The summed E-state index contributed by atoms with van der Waals surface area (Å²) in [6.45, 7) is 3.21. The Morgan fingerprint density at radius 2 is 1.77 bits per heavy atom. The van der Waals surface area contributed by atoms with E-state index in [4.69, 9.17) is 18.9 Å². The Balaban J connectivity index is 2.23. The maximum absolute atomic E-state index is 11.6. The van der Waals surface area contributed by atoms with Gasteiger partial charge in [-0.15, -0.1) is 0 Å². The summed E-state index contributed by atoms with van der Waals surface area (Å²) in [4.78, 5) is 23.1. The van der Waals surface area contributed by atoms with E-state index in [0.717, 1.165) is 4.74 Å². The Labute approximate surface area is 173 Å². The highest BCUT2D eigenvalue weighted by molar-refractivity contribution is 5.95. The van der Waals surface area contributed by atoms with Crippen LogP contribution in [0.4, 0.5) is 11.4 Å². The normalized spacial score (nSPS) is 14.4. The first-order chi connectivity index (χ1) is 14.5. The van der Waals surface area contributed by atoms with E-state index in [2.05, 4.69) is 0 Å². The second kappa shape index (κ2) is 11.5. The molecule has 0 atom stereocenters. The molecule has 0 amide bonds. The maximum Gasteiger partial charge on any atom is 0.344 e. The molecule has 1 aromatic rings. The van der Waals surface area contributed by atoms with E-state index >= 15 is 0 Å². The Kier molecular flexibility index (Phi) is 8.70. The number of anilines is 1. The van der Waals surface area contributed by atoms with Crippen molar-refractivity contribution in [2.45, 2.75) is 20.3 Å². The summed E-state index contributed by atoms with van der Waals surface area (Å²) < 4.78 is 21.3. The Hall–Kier alpha value is -3.53. The number of carbonyl (C=O) groups excluding carboxylic acids is 2. The molecule has 30 heavy (non-hydrogen) atoms. The van der Waals surface area contributed by atoms with Gasteiger partial charge < -0.3 is 18.9 Å². The minimum atomic E-state index is -0.571. The van der Waals surface area contributed by atoms with Gasteiger partial charge in [0.2, 0.25) is 5.71 Å². The van der Waals surface area contributed by atoms with Crippen molar-refractivity contribution in [1.82, 2.24) is 0 Å². The Morgan fingerprint density at radius 1 is 1.10 bits per heavy atom. The number of rotatable bonds is 10. The van der Waals surface area contributed by atoms with E-state index in [9.17, 15) is 20.0 Å². The minimum absolute atomic E-state index is 0.0793. The smallest absolute Gasteiger partial charge is 0.344 e. The number of benzene rings is 1. The zero-order valence-electron chi connectivity index (χ0n) is 16.8. The summed E-state index contributed by atoms with van der Waals surface area (Å²) in [6.07, 6.45) is 5.07. The van der Waals surface area contributed by atoms with Crippen molar-refractivity contribution in [3.8, 4) is 5.75 Å². The topological polar surface area (TPSA) is 127 Å². The highest BCUT2D eigenvalue weighted by atomic mass is 16.6. The molecule has 162 valence electrons. The van der Waals surface area contributed by atoms with Gasteiger partial charge in [0.15, 0.2) is 19.0 Å². The molecule has 1 aromatic carbocycles. The summed E-state index contributed by atoms with van der Waals surface area (Å²) in [6, 6.07) is 4.61. The van der Waals surface area contributed by atoms with Crippen LogP contribution >= 0.6 is 0 Å². The zero-order chi connectivity index (χ0) is 21.9. The van der Waals surface area contributed by atoms with Crippen LogP contribution in [-0.2, 0) is 23.8 Å². The number of nitrogens with zero attached hydrogens (tertiary/aromatic N) is 1. The van der Waals surface area contributed by atoms with Crippen molar-refractivity contribution in [3.63, 3.8) is 0 Å². The number of esters is 2. The third kappa shape index (κ3) is 6.24. The molecule has 1 aliphatic rings. The molecule has 0 saturated carbocycles. The van der Waals surface area contributed by atoms with Gasteiger partial charge in [-0.3, -0.25) is 15.9 Å². The van der Waals surface area contributed by atoms with Crippen molar-refractivity contribution < 1.29 is 43.7 Å². The fraction of sp³-hybridized carbons (Fsp3) is 0.350. The van der Waals surface area contributed by atoms with Gasteiger partial charge in [0, 0.05) is 10.8 Å². The van der Waals surface area contributed by atoms with E-state index in [1.54, 1.807) is 38.1 Å². The molecule has 0 heterocycles. The summed E-state index contributed by atoms with van der Waals surface area (Å²) >= 11 is 0. The molecular formula is C20H25N2O8+. The van der Waals surface area contributed by atoms with Crippen LogP contribution in [0.25, 0.3) is 0 Å². The van der Waals surface area contributed by atoms with E-state index in [-0.39, 0.29) is 50.0 Å². The lowest BCUT2D eigenvalue weighted by Gasteiger charge is -2.13. The van der Waals surface area contributed by atoms with Gasteiger partial charge in [0.05, 0.1) is 19.6 Å². The van der Waals surface area contributed by atoms with Crippen LogP contribution in [-0.4, -0.2) is 59.2 Å². The van der Waals surface area contributed by atoms with Gasteiger partial charge in [-0.2, -0.15) is 0 Å². The largest absolute Gasteiger partial charge is 0.486 e. The zero-order valence-corrected chi connectivity index (χ0v) is 16.8. The van der Waals surface area contributed by atoms with Gasteiger partial charge in [-0.05, 0) is 32.1 Å². The van der Waals surface area contributed by atoms with Crippen molar-refractivity contribution in [1.29, 1.82) is 0 Å². The monoisotopic (exact) mass is 421 g/mol. The fourth-order valence-corrected chi connectivity index (χ4v) is 2.59. The average Bonchev–Trinajstić information content (AvgIpc) is 2.76. The summed E-state index contributed by atoms with van der Waals surface area (Å²) in [7, 11) is 0. The molecule has 2 rings (SSSR count). The van der Waals surface area contributed by atoms with Crippen molar-refractivity contribution in [2.75, 3.05) is 31.9 Å². The van der Waals surface area contributed by atoms with E-state index in [1.807, 2.05) is 5.48 Å². The number of nitrogens with one attached hydrogen (secondary N) is 1. The van der Waals surface area contributed by atoms with Gasteiger partial charge in [-0.1, -0.05) is 12.1 Å². The molecule has 1 aliphatic carbocycles. The number of para-hydroxylation sites is 1. The molecule has 0 unspecified atom stereocenters. The molecule has 0 bridgehead atoms. The molecule has 0 aromatic heterocycles. The number of hydrogen-bond donors (Lipinski definition) is 3. The summed E-state index contributed by atoms with van der Waals surface area (Å²) in [5.41, 5.74) is 2.59. The van der Waals surface area contributed by atoms with Crippen LogP contribution in [0.2, 0.25) is 0 Å². The van der Waals surface area contributed by atoms with Crippen LogP contribution < -0.4 is 10.2 Å². The third-order valence-electron chi connectivity index (χ3n) is 3.86. The van der Waals surface area contributed by atoms with E-state index in [1.165, 1.54) is 12.1 Å². The first kappa shape index (κ1) is 22.8. The highest BCUT2D eigenvalue weighted by Crippen LogP contribution is 2.35. The average molecular weight is 421 g/mol. The lowest BCUT2D eigenvalue weighted by molar-refractivity contribution is -0.712. The number of hydrogen-bond acceptors (Lipinski definition) is 9. The van der Waals surface area contributed by atoms with Crippen LogP contribution in [0.5, 0.6) is 5.75 Å². The maximum atomic E-state index is 11.6. The van der Waals surface area contributed by atoms with Crippen molar-refractivity contribution in [2.24, 2.45) is 0 Å². The highest BCUT2D eigenvalue weighted by Gasteiger charge is 2.28. The second-order valence-corrected chi connectivity index (χ2v) is 5.92. The molecule has 0 aliphatic heterocycles. The van der Waals surface area contributed by atoms with Gasteiger partial charge in [-0.25, -0.2) is 9.59 Å². The Morgan fingerprint density at radius 3 is 2.40 bits per heavy atom. The van der Waals surface area contributed by atoms with Gasteiger partial charge >= 0.3 is 17.6 Å². The van der Waals surface area contributed by atoms with Crippen LogP contribution in [0.15, 0.2) is 42.2 Å². The molecule has 0 saturated heterocycles. The minimum Gasteiger partial charge on any atom is -0.486 e. The second-order valence-electron chi connectivity index (χ2n) is 5.92. The summed E-state index contributed by atoms with van der Waals surface area (Å²) in [5, 5.41) is 20.3. The third-order valence-corrected chi connectivity index (χ3v) is 3.86. The number of allylic oxidation sites excluding steroid dienone is 4. The van der Waals surface area contributed by atoms with Crippen molar-refractivity contribution >= 4 is 29.0 Å². The lowest BCUT2D eigenvalue weighted by Crippen LogP contribution is -2.20. The molecule has 0 fully saturated rings. The standard InChI is InChI=1S/C20H25N2O8/c1-3-27-18(23)12-29-15-8-5-7-14(11-15)22(26)20-16(21-25)9-6-10-17(20)30-13-19(24)28-4-2/h5-10,21,25-26H,3-4,11-13H2,1-2H3/q+1/b22-14+. The quantitative estimate of drug-likeness (QED) is 0.226. The van der Waals surface area contributed by atoms with Gasteiger partial charge in [0.1, 0.15) is 11.4 Å². The predicted molar refractivity (Wildman–Crippen MR) is 105 cm³/mol. The first-order valence-corrected chi connectivity index (χ1v) is 9.32. The predicted octanol–water partition coefficient (Wildman–Crippen LogP) is 2.33. The fourth-order valence-electron chi connectivity index (χ4n) is 2.59. The molecule has 3 N–H and O–H groups in total. The number of carbonyl (C=O) groups is 2. The van der Waals surface area contributed by atoms with E-state index in [0.29, 0.717) is 11.5 Å². The summed E-state index contributed by atoms with van der Waals surface area (Å²) in [5.74, 6) is -0.505. The Bertz CT molecular complexity index is 860. The SMILES string of the molecule is CCOC(=O)COC1=CC=C/C(=[N+](\O)c2c(NO)cccc2OCC(=O)OCC)C1. The lowest BCUT2D eigenvalue weighted by atomic mass is 10.1. The van der Waals surface area contributed by atoms with Crippen LogP contribution in [0.1, 0.15) is 20.3 Å². The van der Waals surface area contributed by atoms with E-state index < -0.39 is 11.9 Å².